The summed E-state index contributed by atoms with van der Waals surface area (Å²) < 4.78 is 6.50. The number of hydrogen-bond donors (Lipinski definition) is 3. The molecule has 1 heterocycles. The maximum atomic E-state index is 12.7. The summed E-state index contributed by atoms with van der Waals surface area (Å²) in [7, 11) is 0. The molecule has 0 saturated heterocycles. The van der Waals surface area contributed by atoms with Gasteiger partial charge in [0.2, 0.25) is 0 Å². The normalized spacial score (nSPS) is 17.2. The van der Waals surface area contributed by atoms with Crippen LogP contribution in [0.2, 0.25) is 0 Å². The van der Waals surface area contributed by atoms with Crippen LogP contribution >= 0.6 is 0 Å². The molecule has 2 unspecified atom stereocenters. The van der Waals surface area contributed by atoms with Gasteiger partial charge in [0.15, 0.2) is 0 Å². The number of fused-ring (bicyclic) bond motifs is 1. The number of ether oxygens (including phenoxy) is 1. The van der Waals surface area contributed by atoms with Gasteiger partial charge in [0.25, 0.3) is 0 Å². The van der Waals surface area contributed by atoms with Crippen molar-refractivity contribution in [3.8, 4) is 16.9 Å². The van der Waals surface area contributed by atoms with E-state index in [0.29, 0.717) is 15.7 Å². The number of amides is 2. The fraction of sp³-hybridized carbons (Fsp3) is 0.208. The first-order valence-electron chi connectivity index (χ1n) is 9.95. The number of nitrogens with two attached hydrogens (primary N) is 1. The molecule has 2 amide bonds. The molecule has 30 heavy (non-hydrogen) atoms. The molecule has 1 aliphatic rings. The summed E-state index contributed by atoms with van der Waals surface area (Å²) in [5.41, 5.74) is 12.9. The van der Waals surface area contributed by atoms with Gasteiger partial charge in [0, 0.05) is 0 Å². The van der Waals surface area contributed by atoms with Gasteiger partial charge in [-0.15, -0.1) is 0 Å². The Kier molecular flexibility index (Phi) is 6.10. The molecular formula is C24H24N3O2Pb. The number of nitrogens with one attached hydrogen (secondary N) is 2. The number of rotatable bonds is 4. The van der Waals surface area contributed by atoms with Gasteiger partial charge in [-0.2, -0.15) is 0 Å². The number of benzene rings is 3. The molecule has 0 fully saturated rings. The summed E-state index contributed by atoms with van der Waals surface area (Å²) in [6.45, 7) is 4.56. The first kappa shape index (κ1) is 20.9. The fourth-order valence-corrected chi connectivity index (χ4v) is 4.77. The second-order valence-corrected chi connectivity index (χ2v) is 9.97. The molecule has 151 valence electrons. The van der Waals surface area contributed by atoms with E-state index in [1.807, 2.05) is 55.5 Å². The molecule has 5 nitrogen and oxygen atoms in total. The molecule has 6 heteroatoms. The number of carbonyl (C=O) groups excluding carboxylic acids is 1. The molecule has 4 N–H and O–H groups in total. The molecule has 0 saturated carbocycles. The number of carbonyl (C=O) groups is 1. The Balaban J connectivity index is 1.70. The van der Waals surface area contributed by atoms with E-state index in [9.17, 15) is 4.79 Å². The van der Waals surface area contributed by atoms with Crippen LogP contribution in [0.3, 0.4) is 0 Å². The maximum absolute atomic E-state index is 12.7. The van der Waals surface area contributed by atoms with Crippen molar-refractivity contribution in [1.29, 1.82) is 0 Å². The third-order valence-corrected chi connectivity index (χ3v) is 8.37. The van der Waals surface area contributed by atoms with Gasteiger partial charge in [0.05, 0.1) is 0 Å². The average Bonchev–Trinajstić information content (AvgIpc) is 3.04. The van der Waals surface area contributed by atoms with Gasteiger partial charge in [-0.3, -0.25) is 0 Å². The van der Waals surface area contributed by atoms with E-state index in [1.54, 1.807) is 0 Å². The van der Waals surface area contributed by atoms with Crippen molar-refractivity contribution in [2.75, 3.05) is 10.6 Å². The van der Waals surface area contributed by atoms with Crippen LogP contribution in [0.4, 0.5) is 16.2 Å². The predicted octanol–water partition coefficient (Wildman–Crippen LogP) is 4.76. The number of hydrogen-bond acceptors (Lipinski definition) is 3. The Morgan fingerprint density at radius 2 is 1.83 bits per heavy atom. The Bertz CT molecular complexity index is 1080. The average molecular weight is 594 g/mol. The third kappa shape index (κ3) is 4.22. The molecule has 3 aromatic carbocycles. The van der Waals surface area contributed by atoms with Crippen molar-refractivity contribution in [2.24, 2.45) is 5.73 Å². The van der Waals surface area contributed by atoms with Gasteiger partial charge < -0.3 is 0 Å². The molecule has 2 atom stereocenters. The molecule has 4 rings (SSSR count). The van der Waals surface area contributed by atoms with E-state index in [-0.39, 0.29) is 12.1 Å². The summed E-state index contributed by atoms with van der Waals surface area (Å²) in [6.07, 6.45) is 0.104. The van der Waals surface area contributed by atoms with Crippen LogP contribution in [0.25, 0.3) is 11.1 Å². The fourth-order valence-electron chi connectivity index (χ4n) is 3.67. The molecule has 0 bridgehead atoms. The van der Waals surface area contributed by atoms with Crippen molar-refractivity contribution in [3.63, 3.8) is 0 Å². The van der Waals surface area contributed by atoms with Crippen molar-refractivity contribution in [1.82, 2.24) is 0 Å². The van der Waals surface area contributed by atoms with E-state index in [0.717, 1.165) is 65.0 Å². The van der Waals surface area contributed by atoms with Gasteiger partial charge in [0.1, 0.15) is 0 Å². The molecule has 3 aromatic rings. The second kappa shape index (κ2) is 8.77. The monoisotopic (exact) mass is 594 g/mol. The zero-order chi connectivity index (χ0) is 21.3. The molecular weight excluding hydrogens is 569 g/mol. The zero-order valence-corrected chi connectivity index (χ0v) is 20.9. The number of urea groups is 1. The van der Waals surface area contributed by atoms with Gasteiger partial charge >= 0.3 is 193 Å². The van der Waals surface area contributed by atoms with Crippen LogP contribution in [0.1, 0.15) is 27.1 Å². The van der Waals surface area contributed by atoms with Gasteiger partial charge in [-0.25, -0.2) is 0 Å². The third-order valence-electron chi connectivity index (χ3n) is 5.33. The first-order chi connectivity index (χ1) is 14.5. The standard InChI is InChI=1S/C24H24N3O2.Pb/c1-15-7-9-20(10-8-15)26-24(28)27-22-13-18(12-19-11-16(2)29-23(19)22)21-6-4-3-5-17(21)14-25;/h3-13,16H,14,25H2,1-2H3,(H2,26,27,28);. The van der Waals surface area contributed by atoms with Gasteiger partial charge in [-0.1, -0.05) is 0 Å². The number of anilines is 2. The minimum absolute atomic E-state index is 0.104. The molecule has 3 radical (unpaired) electrons. The topological polar surface area (TPSA) is 76.4 Å². The summed E-state index contributed by atoms with van der Waals surface area (Å²) in [5.74, 6) is 0.774. The second-order valence-electron chi connectivity index (χ2n) is 7.55. The summed E-state index contributed by atoms with van der Waals surface area (Å²) in [4.78, 5) is 12.7. The Morgan fingerprint density at radius 3 is 2.57 bits per heavy atom. The van der Waals surface area contributed by atoms with Crippen molar-refractivity contribution in [2.45, 2.75) is 30.0 Å². The van der Waals surface area contributed by atoms with Gasteiger partial charge in [-0.05, 0) is 0 Å². The van der Waals surface area contributed by atoms with E-state index in [4.69, 9.17) is 10.5 Å². The molecule has 0 aliphatic carbocycles. The zero-order valence-electron chi connectivity index (χ0n) is 17.0. The van der Waals surface area contributed by atoms with Crippen molar-refractivity contribution in [3.05, 3.63) is 77.4 Å². The first-order valence-corrected chi connectivity index (χ1v) is 12.2. The summed E-state index contributed by atoms with van der Waals surface area (Å²) >= 11 is 0.971. The van der Waals surface area contributed by atoms with Crippen LogP contribution < -0.4 is 21.1 Å². The summed E-state index contributed by atoms with van der Waals surface area (Å²) in [6, 6.07) is 19.7. The Morgan fingerprint density at radius 1 is 1.10 bits per heavy atom. The Hall–Kier alpha value is -2.39. The van der Waals surface area contributed by atoms with E-state index < -0.39 is 0 Å². The van der Waals surface area contributed by atoms with Crippen LogP contribution in [0.5, 0.6) is 5.75 Å². The van der Waals surface area contributed by atoms with E-state index in [1.165, 1.54) is 0 Å². The minimum atomic E-state index is -0.293. The predicted molar refractivity (Wildman–Crippen MR) is 122 cm³/mol. The summed E-state index contributed by atoms with van der Waals surface area (Å²) in [5, 5.41) is 5.90. The van der Waals surface area contributed by atoms with Crippen LogP contribution in [-0.2, 0) is 6.54 Å². The SMILES string of the molecule is Cc1ccc(NC(=O)Nc2cc(-c3ccccc3CN)cc3c2OC(C)[CH]3[Pb])cc1. The Labute approximate surface area is 192 Å². The van der Waals surface area contributed by atoms with Crippen molar-refractivity contribution >= 4 is 43.2 Å². The van der Waals surface area contributed by atoms with E-state index >= 15 is 0 Å². The van der Waals surface area contributed by atoms with Crippen LogP contribution in [0, 0.1) is 6.92 Å². The van der Waals surface area contributed by atoms with Crippen LogP contribution in [0.15, 0.2) is 60.7 Å². The van der Waals surface area contributed by atoms with Crippen molar-refractivity contribution < 1.29 is 9.53 Å². The quantitative estimate of drug-likeness (QED) is 0.382. The molecule has 0 spiro atoms. The molecule has 1 aliphatic heterocycles. The molecule has 0 aromatic heterocycles. The number of aryl methyl sites for hydroxylation is 1. The van der Waals surface area contributed by atoms with E-state index in [2.05, 4.69) is 29.7 Å². The van der Waals surface area contributed by atoms with Crippen LogP contribution in [-0.4, -0.2) is 37.9 Å².